The van der Waals surface area contributed by atoms with Crippen molar-refractivity contribution in [3.8, 4) is 11.1 Å². The third-order valence-corrected chi connectivity index (χ3v) is 3.24. The van der Waals surface area contributed by atoms with Crippen LogP contribution in [0.1, 0.15) is 25.3 Å². The fourth-order valence-electron chi connectivity index (χ4n) is 2.05. The number of nitrogens with one attached hydrogen (secondary N) is 1. The molecule has 2 aromatic carbocycles. The zero-order valence-corrected chi connectivity index (χ0v) is 11.4. The van der Waals surface area contributed by atoms with Crippen molar-refractivity contribution >= 4 is 5.91 Å². The van der Waals surface area contributed by atoms with Crippen molar-refractivity contribution in [2.24, 2.45) is 0 Å². The molecule has 0 saturated carbocycles. The summed E-state index contributed by atoms with van der Waals surface area (Å²) in [5.41, 5.74) is 3.69. The van der Waals surface area contributed by atoms with Gasteiger partial charge in [0, 0.05) is 13.5 Å². The van der Waals surface area contributed by atoms with Gasteiger partial charge in [-0.2, -0.15) is 0 Å². The predicted octanol–water partition coefficient (Wildman–Crippen LogP) is 3.59. The van der Waals surface area contributed by atoms with E-state index in [1.165, 1.54) is 16.7 Å². The topological polar surface area (TPSA) is 29.1 Å². The molecule has 0 bridgehead atoms. The Bertz CT molecular complexity index is 531. The second kappa shape index (κ2) is 6.19. The second-order valence-corrected chi connectivity index (χ2v) is 4.83. The summed E-state index contributed by atoms with van der Waals surface area (Å²) in [4.78, 5) is 10.9. The Balaban J connectivity index is 2.08. The fourth-order valence-corrected chi connectivity index (χ4v) is 2.05. The van der Waals surface area contributed by atoms with Crippen molar-refractivity contribution in [2.75, 3.05) is 6.54 Å². The van der Waals surface area contributed by atoms with Gasteiger partial charge in [-0.05, 0) is 22.6 Å². The van der Waals surface area contributed by atoms with Crippen molar-refractivity contribution in [3.05, 3.63) is 60.2 Å². The highest BCUT2D eigenvalue weighted by atomic mass is 16.1. The molecule has 0 aliphatic rings. The Kier molecular flexibility index (Phi) is 4.35. The minimum absolute atomic E-state index is 0.0211. The molecule has 0 radical (unpaired) electrons. The lowest BCUT2D eigenvalue weighted by atomic mass is 9.97. The quantitative estimate of drug-likeness (QED) is 0.886. The minimum atomic E-state index is 0.0211. The highest BCUT2D eigenvalue weighted by Crippen LogP contribution is 2.22. The molecule has 1 amide bonds. The summed E-state index contributed by atoms with van der Waals surface area (Å²) in [6.07, 6.45) is 0. The molecule has 0 saturated heterocycles. The van der Waals surface area contributed by atoms with Crippen LogP contribution >= 0.6 is 0 Å². The van der Waals surface area contributed by atoms with E-state index in [-0.39, 0.29) is 5.91 Å². The van der Waals surface area contributed by atoms with E-state index in [2.05, 4.69) is 48.6 Å². The van der Waals surface area contributed by atoms with Crippen molar-refractivity contribution in [1.29, 1.82) is 0 Å². The maximum Gasteiger partial charge on any atom is 0.216 e. The largest absolute Gasteiger partial charge is 0.356 e. The lowest BCUT2D eigenvalue weighted by molar-refractivity contribution is -0.119. The van der Waals surface area contributed by atoms with Gasteiger partial charge in [0.15, 0.2) is 0 Å². The normalized spacial score (nSPS) is 11.9. The van der Waals surface area contributed by atoms with Crippen LogP contribution in [-0.4, -0.2) is 12.5 Å². The van der Waals surface area contributed by atoms with Gasteiger partial charge in [-0.15, -0.1) is 0 Å². The number of carbonyl (C=O) groups excluding carboxylic acids is 1. The zero-order chi connectivity index (χ0) is 13.7. The van der Waals surface area contributed by atoms with Gasteiger partial charge in [-0.3, -0.25) is 4.79 Å². The first kappa shape index (κ1) is 13.3. The van der Waals surface area contributed by atoms with Crippen molar-refractivity contribution < 1.29 is 4.79 Å². The van der Waals surface area contributed by atoms with E-state index < -0.39 is 0 Å². The summed E-state index contributed by atoms with van der Waals surface area (Å²) >= 11 is 0. The Morgan fingerprint density at radius 3 is 2.16 bits per heavy atom. The first-order valence-corrected chi connectivity index (χ1v) is 6.56. The molecule has 2 heteroatoms. The molecule has 2 aromatic rings. The molecule has 0 aliphatic carbocycles. The van der Waals surface area contributed by atoms with Crippen molar-refractivity contribution in [3.63, 3.8) is 0 Å². The molecule has 0 aromatic heterocycles. The molecular formula is C17H19NO. The standard InChI is InChI=1S/C17H19NO/c1-13(12-18-14(2)19)15-8-10-17(11-9-15)16-6-4-3-5-7-16/h3-11,13H,12H2,1-2H3,(H,18,19)/t13-/m0/s1. The Hall–Kier alpha value is -2.09. The summed E-state index contributed by atoms with van der Waals surface area (Å²) in [6, 6.07) is 18.9. The number of hydrogen-bond donors (Lipinski definition) is 1. The van der Waals surface area contributed by atoms with Gasteiger partial charge < -0.3 is 5.32 Å². The number of amides is 1. The third-order valence-electron chi connectivity index (χ3n) is 3.24. The van der Waals surface area contributed by atoms with Crippen LogP contribution < -0.4 is 5.32 Å². The highest BCUT2D eigenvalue weighted by Gasteiger charge is 2.06. The monoisotopic (exact) mass is 253 g/mol. The van der Waals surface area contributed by atoms with E-state index in [1.807, 2.05) is 18.2 Å². The molecule has 1 N–H and O–H groups in total. The van der Waals surface area contributed by atoms with E-state index in [1.54, 1.807) is 6.92 Å². The molecule has 0 fully saturated rings. The number of hydrogen-bond acceptors (Lipinski definition) is 1. The number of carbonyl (C=O) groups is 1. The number of rotatable bonds is 4. The first-order valence-electron chi connectivity index (χ1n) is 6.56. The SMILES string of the molecule is CC(=O)NC[C@H](C)c1ccc(-c2ccccc2)cc1. The molecule has 0 spiro atoms. The highest BCUT2D eigenvalue weighted by molar-refractivity contribution is 5.72. The summed E-state index contributed by atoms with van der Waals surface area (Å²) < 4.78 is 0. The van der Waals surface area contributed by atoms with Gasteiger partial charge in [0.05, 0.1) is 0 Å². The lowest BCUT2D eigenvalue weighted by Crippen LogP contribution is -2.24. The molecule has 0 aliphatic heterocycles. The molecule has 19 heavy (non-hydrogen) atoms. The van der Waals surface area contributed by atoms with Crippen LogP contribution in [-0.2, 0) is 4.79 Å². The van der Waals surface area contributed by atoms with Crippen LogP contribution in [0.5, 0.6) is 0 Å². The van der Waals surface area contributed by atoms with Crippen molar-refractivity contribution in [1.82, 2.24) is 5.32 Å². The van der Waals surface area contributed by atoms with Gasteiger partial charge in [0.1, 0.15) is 0 Å². The van der Waals surface area contributed by atoms with E-state index in [0.717, 1.165) is 0 Å². The molecule has 98 valence electrons. The summed E-state index contributed by atoms with van der Waals surface area (Å²) in [7, 11) is 0. The summed E-state index contributed by atoms with van der Waals surface area (Å²) in [5, 5.41) is 2.85. The maximum absolute atomic E-state index is 10.9. The molecule has 0 unspecified atom stereocenters. The molecule has 0 heterocycles. The van der Waals surface area contributed by atoms with Crippen LogP contribution in [0.4, 0.5) is 0 Å². The smallest absolute Gasteiger partial charge is 0.216 e. The van der Waals surface area contributed by atoms with Gasteiger partial charge >= 0.3 is 0 Å². The Morgan fingerprint density at radius 1 is 1.00 bits per heavy atom. The Labute approximate surface area is 114 Å². The Morgan fingerprint density at radius 2 is 1.58 bits per heavy atom. The second-order valence-electron chi connectivity index (χ2n) is 4.83. The zero-order valence-electron chi connectivity index (χ0n) is 11.4. The first-order chi connectivity index (χ1) is 9.16. The van der Waals surface area contributed by atoms with E-state index >= 15 is 0 Å². The van der Waals surface area contributed by atoms with E-state index in [4.69, 9.17) is 0 Å². The molecule has 2 rings (SSSR count). The van der Waals surface area contributed by atoms with E-state index in [0.29, 0.717) is 12.5 Å². The molecule has 2 nitrogen and oxygen atoms in total. The van der Waals surface area contributed by atoms with Crippen LogP contribution in [0.3, 0.4) is 0 Å². The lowest BCUT2D eigenvalue weighted by Gasteiger charge is -2.13. The van der Waals surface area contributed by atoms with Crippen LogP contribution in [0.25, 0.3) is 11.1 Å². The van der Waals surface area contributed by atoms with Gasteiger partial charge in [0.2, 0.25) is 5.91 Å². The van der Waals surface area contributed by atoms with E-state index in [9.17, 15) is 4.79 Å². The predicted molar refractivity (Wildman–Crippen MR) is 79.0 cm³/mol. The average molecular weight is 253 g/mol. The third kappa shape index (κ3) is 3.68. The van der Waals surface area contributed by atoms with Crippen LogP contribution in [0.2, 0.25) is 0 Å². The van der Waals surface area contributed by atoms with Gasteiger partial charge in [-0.1, -0.05) is 61.5 Å². The minimum Gasteiger partial charge on any atom is -0.356 e. The summed E-state index contributed by atoms with van der Waals surface area (Å²) in [6.45, 7) is 4.35. The molecule has 1 atom stereocenters. The fraction of sp³-hybridized carbons (Fsp3) is 0.235. The maximum atomic E-state index is 10.9. The summed E-state index contributed by atoms with van der Waals surface area (Å²) in [5.74, 6) is 0.349. The molecular weight excluding hydrogens is 234 g/mol. The van der Waals surface area contributed by atoms with Crippen LogP contribution in [0, 0.1) is 0 Å². The van der Waals surface area contributed by atoms with Gasteiger partial charge in [0.25, 0.3) is 0 Å². The van der Waals surface area contributed by atoms with Crippen LogP contribution in [0.15, 0.2) is 54.6 Å². The van der Waals surface area contributed by atoms with Crippen molar-refractivity contribution in [2.45, 2.75) is 19.8 Å². The number of benzene rings is 2. The van der Waals surface area contributed by atoms with Gasteiger partial charge in [-0.25, -0.2) is 0 Å². The average Bonchev–Trinajstić information content (AvgIpc) is 2.46.